The molecule has 0 atom stereocenters. The van der Waals surface area contributed by atoms with Crippen LogP contribution < -0.4 is 0 Å². The molecule has 0 fully saturated rings. The van der Waals surface area contributed by atoms with Crippen molar-refractivity contribution in [1.82, 2.24) is 14.6 Å². The Bertz CT molecular complexity index is 1040. The average molecular weight is 427 g/mol. The minimum atomic E-state index is -4.79. The van der Waals surface area contributed by atoms with Crippen LogP contribution in [-0.2, 0) is 22.1 Å². The van der Waals surface area contributed by atoms with Gasteiger partial charge in [-0.2, -0.15) is 18.3 Å². The quantitative estimate of drug-likeness (QED) is 0.338. The Labute approximate surface area is 167 Å². The van der Waals surface area contributed by atoms with Crippen LogP contribution in [-0.4, -0.2) is 52.1 Å². The molecule has 0 radical (unpaired) electrons. The maximum absolute atomic E-state index is 13.4. The number of hydrogen-bond acceptors (Lipinski definition) is 6. The predicted molar refractivity (Wildman–Crippen MR) is 95.4 cm³/mol. The number of fused-ring (bicyclic) bond motifs is 1. The molecule has 2 heterocycles. The van der Waals surface area contributed by atoms with Gasteiger partial charge in [-0.05, 0) is 23.3 Å². The highest BCUT2D eigenvalue weighted by molar-refractivity contribution is 5.95. The third-order valence-electron chi connectivity index (χ3n) is 4.07. The summed E-state index contributed by atoms with van der Waals surface area (Å²) in [7, 11) is 0. The van der Waals surface area contributed by atoms with Crippen LogP contribution in [0.15, 0.2) is 36.8 Å². The summed E-state index contributed by atoms with van der Waals surface area (Å²) in [6.45, 7) is 0.113. The van der Waals surface area contributed by atoms with E-state index < -0.39 is 23.5 Å². The fourth-order valence-electron chi connectivity index (χ4n) is 2.72. The van der Waals surface area contributed by atoms with E-state index in [1.54, 1.807) is 0 Å². The molecular weight excluding hydrogens is 410 g/mol. The van der Waals surface area contributed by atoms with E-state index in [2.05, 4.69) is 10.1 Å². The van der Waals surface area contributed by atoms with Crippen molar-refractivity contribution in [2.24, 2.45) is 0 Å². The molecule has 0 spiro atoms. The third-order valence-corrected chi connectivity index (χ3v) is 4.07. The lowest BCUT2D eigenvalue weighted by atomic mass is 10.0. The number of esters is 1. The van der Waals surface area contributed by atoms with Gasteiger partial charge in [-0.3, -0.25) is 0 Å². The lowest BCUT2D eigenvalue weighted by molar-refractivity contribution is -0.140. The molecule has 2 aromatic heterocycles. The standard InChI is InChI=1S/C19H17F4N3O4/c20-16-2-1-12(8-15(16)19(21,22)23)7-13-9-24-17-14(10-25-26(17)11-13)18(28)30-6-5-29-4-3-27/h1-2,8-11,27H,3-7H2. The number of aromatic nitrogens is 3. The Morgan fingerprint density at radius 2 is 1.93 bits per heavy atom. The molecule has 0 unspecified atom stereocenters. The van der Waals surface area contributed by atoms with Gasteiger partial charge in [-0.25, -0.2) is 18.7 Å². The average Bonchev–Trinajstić information content (AvgIpc) is 3.11. The van der Waals surface area contributed by atoms with Gasteiger partial charge in [-0.15, -0.1) is 0 Å². The van der Waals surface area contributed by atoms with Crippen molar-refractivity contribution in [3.8, 4) is 0 Å². The summed E-state index contributed by atoms with van der Waals surface area (Å²) in [5.41, 5.74) is -0.233. The van der Waals surface area contributed by atoms with Gasteiger partial charge in [0.15, 0.2) is 5.65 Å². The van der Waals surface area contributed by atoms with E-state index in [4.69, 9.17) is 14.6 Å². The minimum Gasteiger partial charge on any atom is -0.460 e. The summed E-state index contributed by atoms with van der Waals surface area (Å²) < 4.78 is 63.4. The number of aliphatic hydroxyl groups is 1. The zero-order chi connectivity index (χ0) is 21.7. The van der Waals surface area contributed by atoms with Crippen molar-refractivity contribution in [2.45, 2.75) is 12.6 Å². The smallest absolute Gasteiger partial charge is 0.419 e. The fourth-order valence-corrected chi connectivity index (χ4v) is 2.72. The lowest BCUT2D eigenvalue weighted by Gasteiger charge is -2.10. The Kier molecular flexibility index (Phi) is 6.63. The van der Waals surface area contributed by atoms with E-state index in [-0.39, 0.29) is 49.6 Å². The van der Waals surface area contributed by atoms with Crippen LogP contribution in [0.1, 0.15) is 27.0 Å². The van der Waals surface area contributed by atoms with Gasteiger partial charge in [0.1, 0.15) is 18.0 Å². The number of alkyl halides is 3. The molecule has 1 N–H and O–H groups in total. The van der Waals surface area contributed by atoms with Crippen molar-refractivity contribution in [3.63, 3.8) is 0 Å². The van der Waals surface area contributed by atoms with Gasteiger partial charge in [-0.1, -0.05) is 6.07 Å². The number of rotatable bonds is 8. The summed E-state index contributed by atoms with van der Waals surface area (Å²) in [5, 5.41) is 12.6. The highest BCUT2D eigenvalue weighted by Gasteiger charge is 2.34. The first-order valence-electron chi connectivity index (χ1n) is 8.83. The van der Waals surface area contributed by atoms with Gasteiger partial charge >= 0.3 is 12.1 Å². The number of hydrogen-bond donors (Lipinski definition) is 1. The molecule has 3 aromatic rings. The van der Waals surface area contributed by atoms with Crippen molar-refractivity contribution in [1.29, 1.82) is 0 Å². The van der Waals surface area contributed by atoms with Gasteiger partial charge in [0.05, 0.1) is 31.6 Å². The molecule has 0 bridgehead atoms. The molecule has 0 amide bonds. The van der Waals surface area contributed by atoms with E-state index in [0.29, 0.717) is 5.56 Å². The van der Waals surface area contributed by atoms with Crippen molar-refractivity contribution >= 4 is 11.6 Å². The second kappa shape index (κ2) is 9.18. The molecule has 11 heteroatoms. The zero-order valence-electron chi connectivity index (χ0n) is 15.5. The summed E-state index contributed by atoms with van der Waals surface area (Å²) in [6, 6.07) is 2.79. The summed E-state index contributed by atoms with van der Waals surface area (Å²) >= 11 is 0. The van der Waals surface area contributed by atoms with Crippen molar-refractivity contribution < 1.29 is 36.9 Å². The predicted octanol–water partition coefficient (Wildman–Crippen LogP) is 2.64. The number of carbonyl (C=O) groups is 1. The first-order chi connectivity index (χ1) is 14.3. The monoisotopic (exact) mass is 427 g/mol. The first kappa shape index (κ1) is 21.7. The molecule has 0 saturated carbocycles. The largest absolute Gasteiger partial charge is 0.460 e. The van der Waals surface area contributed by atoms with Crippen LogP contribution in [0.2, 0.25) is 0 Å². The van der Waals surface area contributed by atoms with Gasteiger partial charge < -0.3 is 14.6 Å². The minimum absolute atomic E-state index is 0.0135. The highest BCUT2D eigenvalue weighted by atomic mass is 19.4. The maximum Gasteiger partial charge on any atom is 0.419 e. The molecule has 1 aromatic carbocycles. The second-order valence-corrected chi connectivity index (χ2v) is 6.25. The topological polar surface area (TPSA) is 86.0 Å². The van der Waals surface area contributed by atoms with Crippen molar-refractivity contribution in [2.75, 3.05) is 26.4 Å². The van der Waals surface area contributed by atoms with Crippen molar-refractivity contribution in [3.05, 3.63) is 64.9 Å². The van der Waals surface area contributed by atoms with E-state index in [9.17, 15) is 22.4 Å². The molecule has 30 heavy (non-hydrogen) atoms. The normalized spacial score (nSPS) is 11.8. The van der Waals surface area contributed by atoms with Crippen LogP contribution in [0.5, 0.6) is 0 Å². The van der Waals surface area contributed by atoms with Gasteiger partial charge in [0.2, 0.25) is 0 Å². The zero-order valence-corrected chi connectivity index (χ0v) is 15.5. The molecule has 0 saturated heterocycles. The van der Waals surface area contributed by atoms with Gasteiger partial charge in [0, 0.05) is 18.8 Å². The van der Waals surface area contributed by atoms with Crippen LogP contribution >= 0.6 is 0 Å². The number of benzene rings is 1. The Morgan fingerprint density at radius 3 is 2.67 bits per heavy atom. The number of nitrogens with zero attached hydrogens (tertiary/aromatic N) is 3. The SMILES string of the molecule is O=C(OCCOCCO)c1cnn2cc(Cc3ccc(F)c(C(F)(F)F)c3)cnc12. The molecule has 0 aliphatic rings. The molecule has 0 aliphatic carbocycles. The van der Waals surface area contributed by atoms with Gasteiger partial charge in [0.25, 0.3) is 0 Å². The Morgan fingerprint density at radius 1 is 1.13 bits per heavy atom. The molecule has 0 aliphatic heterocycles. The lowest BCUT2D eigenvalue weighted by Crippen LogP contribution is -2.12. The number of halogens is 4. The number of ether oxygens (including phenoxy) is 2. The van der Waals surface area contributed by atoms with E-state index in [0.717, 1.165) is 12.1 Å². The first-order valence-corrected chi connectivity index (χ1v) is 8.83. The van der Waals surface area contributed by atoms with E-state index in [1.807, 2.05) is 0 Å². The summed E-state index contributed by atoms with van der Waals surface area (Å²) in [4.78, 5) is 16.3. The number of aliphatic hydroxyl groups excluding tert-OH is 1. The molecule has 3 rings (SSSR count). The summed E-state index contributed by atoms with van der Waals surface area (Å²) in [5.74, 6) is -2.00. The maximum atomic E-state index is 13.4. The van der Waals surface area contributed by atoms with Crippen LogP contribution in [0.3, 0.4) is 0 Å². The fraction of sp³-hybridized carbons (Fsp3) is 0.316. The second-order valence-electron chi connectivity index (χ2n) is 6.25. The van der Waals surface area contributed by atoms with Crippen LogP contribution in [0.4, 0.5) is 17.6 Å². The Hall–Kier alpha value is -3.05. The van der Waals surface area contributed by atoms with E-state index in [1.165, 1.54) is 29.2 Å². The summed E-state index contributed by atoms with van der Waals surface area (Å²) in [6.07, 6.45) is -0.547. The van der Waals surface area contributed by atoms with Crippen LogP contribution in [0.25, 0.3) is 5.65 Å². The van der Waals surface area contributed by atoms with E-state index >= 15 is 0 Å². The highest BCUT2D eigenvalue weighted by Crippen LogP contribution is 2.32. The van der Waals surface area contributed by atoms with Crippen LogP contribution in [0, 0.1) is 5.82 Å². The molecule has 160 valence electrons. The number of carbonyl (C=O) groups excluding carboxylic acids is 1. The third kappa shape index (κ3) is 5.10. The molecule has 7 nitrogen and oxygen atoms in total. The Balaban J connectivity index is 1.72. The molecular formula is C19H17F4N3O4.